The summed E-state index contributed by atoms with van der Waals surface area (Å²) in [5, 5.41) is 5.01. The molecule has 1 saturated heterocycles. The van der Waals surface area contributed by atoms with Crippen molar-refractivity contribution in [3.05, 3.63) is 68.9 Å². The first-order valence-corrected chi connectivity index (χ1v) is 9.34. The average Bonchev–Trinajstić information content (AvgIpc) is 2.64. The van der Waals surface area contributed by atoms with Gasteiger partial charge < -0.3 is 10.3 Å². The van der Waals surface area contributed by atoms with E-state index in [4.69, 9.17) is 0 Å². The summed E-state index contributed by atoms with van der Waals surface area (Å²) in [6.45, 7) is 5.28. The Balaban J connectivity index is 1.62. The van der Waals surface area contributed by atoms with Crippen molar-refractivity contribution in [2.75, 3.05) is 26.2 Å². The lowest BCUT2D eigenvalue weighted by atomic mass is 10.1. The number of benzene rings is 2. The van der Waals surface area contributed by atoms with Crippen molar-refractivity contribution in [1.82, 2.24) is 15.2 Å². The largest absolute Gasteiger partial charge is 0.321 e. The molecule has 25 heavy (non-hydrogen) atoms. The minimum atomic E-state index is -0.0568. The minimum absolute atomic E-state index is 0.0568. The van der Waals surface area contributed by atoms with E-state index in [0.29, 0.717) is 5.39 Å². The molecule has 1 aliphatic rings. The molecule has 1 aromatic heterocycles. The van der Waals surface area contributed by atoms with E-state index in [0.717, 1.165) is 53.8 Å². The van der Waals surface area contributed by atoms with Crippen LogP contribution in [0.5, 0.6) is 0 Å². The molecule has 0 amide bonds. The van der Waals surface area contributed by atoms with Crippen LogP contribution in [0.3, 0.4) is 0 Å². The summed E-state index contributed by atoms with van der Waals surface area (Å²) < 4.78 is 0.938. The van der Waals surface area contributed by atoms with Crippen LogP contribution in [-0.2, 0) is 6.54 Å². The first-order chi connectivity index (χ1) is 12.2. The monoisotopic (exact) mass is 397 g/mol. The van der Waals surface area contributed by atoms with E-state index in [2.05, 4.69) is 55.4 Å². The number of aromatic nitrogens is 1. The molecule has 5 heteroatoms. The number of nitrogens with zero attached hydrogens (tertiary/aromatic N) is 1. The van der Waals surface area contributed by atoms with Gasteiger partial charge in [0.2, 0.25) is 0 Å². The van der Waals surface area contributed by atoms with Crippen molar-refractivity contribution < 1.29 is 0 Å². The second kappa shape index (κ2) is 7.12. The van der Waals surface area contributed by atoms with Crippen LogP contribution in [0.2, 0.25) is 0 Å². The molecule has 0 saturated carbocycles. The molecule has 0 aliphatic carbocycles. The molecule has 4 nitrogen and oxygen atoms in total. The maximum Gasteiger partial charge on any atom is 0.256 e. The Kier molecular flexibility index (Phi) is 4.70. The number of fused-ring (bicyclic) bond motifs is 1. The molecule has 0 spiro atoms. The van der Waals surface area contributed by atoms with Gasteiger partial charge in [-0.15, -0.1) is 0 Å². The number of hydrogen-bond donors (Lipinski definition) is 2. The molecule has 2 N–H and O–H groups in total. The second-order valence-electron chi connectivity index (χ2n) is 6.44. The maximum atomic E-state index is 12.4. The molecule has 0 radical (unpaired) electrons. The molecule has 4 rings (SSSR count). The SMILES string of the molecule is O=c1[nH]c(-c2ccc(CN3CCNCC3)cc2)cc2c(Br)cccc12. The van der Waals surface area contributed by atoms with Crippen molar-refractivity contribution >= 4 is 26.7 Å². The number of rotatable bonds is 3. The highest BCUT2D eigenvalue weighted by Gasteiger charge is 2.10. The molecule has 128 valence electrons. The first-order valence-electron chi connectivity index (χ1n) is 8.55. The first kappa shape index (κ1) is 16.5. The molecular formula is C20H20BrN3O. The van der Waals surface area contributed by atoms with E-state index in [-0.39, 0.29) is 5.56 Å². The van der Waals surface area contributed by atoms with Crippen molar-refractivity contribution in [2.24, 2.45) is 0 Å². The molecule has 0 unspecified atom stereocenters. The number of aromatic amines is 1. The zero-order valence-electron chi connectivity index (χ0n) is 13.9. The zero-order chi connectivity index (χ0) is 17.2. The van der Waals surface area contributed by atoms with Gasteiger partial charge in [0, 0.05) is 53.7 Å². The van der Waals surface area contributed by atoms with Crippen molar-refractivity contribution in [3.8, 4) is 11.3 Å². The van der Waals surface area contributed by atoms with Gasteiger partial charge in [-0.1, -0.05) is 46.3 Å². The van der Waals surface area contributed by atoms with Crippen LogP contribution in [0, 0.1) is 0 Å². The third-order valence-electron chi connectivity index (χ3n) is 4.72. The average molecular weight is 398 g/mol. The van der Waals surface area contributed by atoms with Gasteiger partial charge in [0.05, 0.1) is 0 Å². The highest BCUT2D eigenvalue weighted by molar-refractivity contribution is 9.10. The molecule has 0 bridgehead atoms. The summed E-state index contributed by atoms with van der Waals surface area (Å²) in [6.07, 6.45) is 0. The third-order valence-corrected chi connectivity index (χ3v) is 5.41. The van der Waals surface area contributed by atoms with Gasteiger partial charge in [-0.25, -0.2) is 0 Å². The Morgan fingerprint density at radius 2 is 1.76 bits per heavy atom. The number of H-pyrrole nitrogens is 1. The fourth-order valence-corrected chi connectivity index (χ4v) is 3.81. The highest BCUT2D eigenvalue weighted by atomic mass is 79.9. The molecule has 0 atom stereocenters. The molecule has 2 aromatic carbocycles. The summed E-state index contributed by atoms with van der Waals surface area (Å²) in [5.74, 6) is 0. The summed E-state index contributed by atoms with van der Waals surface area (Å²) in [4.78, 5) is 17.8. The fourth-order valence-electron chi connectivity index (χ4n) is 3.32. The van der Waals surface area contributed by atoms with E-state index < -0.39 is 0 Å². The lowest BCUT2D eigenvalue weighted by Crippen LogP contribution is -2.42. The van der Waals surface area contributed by atoms with Gasteiger partial charge in [0.25, 0.3) is 5.56 Å². The Bertz CT molecular complexity index is 943. The smallest absolute Gasteiger partial charge is 0.256 e. The quantitative estimate of drug-likeness (QED) is 0.712. The van der Waals surface area contributed by atoms with Crippen molar-refractivity contribution in [3.63, 3.8) is 0 Å². The van der Waals surface area contributed by atoms with Gasteiger partial charge in [0.1, 0.15) is 0 Å². The van der Waals surface area contributed by atoms with Crippen LogP contribution in [0.15, 0.2) is 57.8 Å². The Morgan fingerprint density at radius 1 is 1.00 bits per heavy atom. The highest BCUT2D eigenvalue weighted by Crippen LogP contribution is 2.26. The van der Waals surface area contributed by atoms with Gasteiger partial charge in [-0.05, 0) is 29.3 Å². The van der Waals surface area contributed by atoms with Crippen LogP contribution >= 0.6 is 15.9 Å². The van der Waals surface area contributed by atoms with E-state index in [1.807, 2.05) is 24.3 Å². The van der Waals surface area contributed by atoms with Gasteiger partial charge in [-0.3, -0.25) is 9.69 Å². The lowest BCUT2D eigenvalue weighted by Gasteiger charge is -2.27. The Morgan fingerprint density at radius 3 is 2.52 bits per heavy atom. The molecule has 1 aliphatic heterocycles. The van der Waals surface area contributed by atoms with Gasteiger partial charge >= 0.3 is 0 Å². The van der Waals surface area contributed by atoms with Crippen LogP contribution in [0.25, 0.3) is 22.0 Å². The number of nitrogens with one attached hydrogen (secondary N) is 2. The van der Waals surface area contributed by atoms with Crippen LogP contribution in [-0.4, -0.2) is 36.1 Å². The standard InChI is InChI=1S/C20H20BrN3O/c21-18-3-1-2-16-17(18)12-19(23-20(16)25)15-6-4-14(5-7-15)13-24-10-8-22-9-11-24/h1-7,12,22H,8-11,13H2,(H,23,25). The van der Waals surface area contributed by atoms with Crippen LogP contribution < -0.4 is 10.9 Å². The third kappa shape index (κ3) is 3.54. The molecule has 1 fully saturated rings. The van der Waals surface area contributed by atoms with Crippen molar-refractivity contribution in [2.45, 2.75) is 6.54 Å². The second-order valence-corrected chi connectivity index (χ2v) is 7.29. The number of piperazine rings is 1. The van der Waals surface area contributed by atoms with E-state index >= 15 is 0 Å². The summed E-state index contributed by atoms with van der Waals surface area (Å²) in [7, 11) is 0. The van der Waals surface area contributed by atoms with E-state index in [9.17, 15) is 4.79 Å². The normalized spacial score (nSPS) is 15.6. The fraction of sp³-hybridized carbons (Fsp3) is 0.250. The van der Waals surface area contributed by atoms with Gasteiger partial charge in [-0.2, -0.15) is 0 Å². The minimum Gasteiger partial charge on any atom is -0.321 e. The maximum absolute atomic E-state index is 12.4. The van der Waals surface area contributed by atoms with Gasteiger partial charge in [0.15, 0.2) is 0 Å². The topological polar surface area (TPSA) is 48.1 Å². The summed E-state index contributed by atoms with van der Waals surface area (Å²) in [5.41, 5.74) is 3.12. The van der Waals surface area contributed by atoms with Crippen molar-refractivity contribution in [1.29, 1.82) is 0 Å². The number of hydrogen-bond acceptors (Lipinski definition) is 3. The van der Waals surface area contributed by atoms with E-state index in [1.54, 1.807) is 0 Å². The Labute approximate surface area is 155 Å². The summed E-state index contributed by atoms with van der Waals surface area (Å²) in [6, 6.07) is 16.2. The zero-order valence-corrected chi connectivity index (χ0v) is 15.5. The van der Waals surface area contributed by atoms with Crippen LogP contribution in [0.4, 0.5) is 0 Å². The van der Waals surface area contributed by atoms with Crippen LogP contribution in [0.1, 0.15) is 5.56 Å². The summed E-state index contributed by atoms with van der Waals surface area (Å²) >= 11 is 3.54. The van der Waals surface area contributed by atoms with E-state index in [1.165, 1.54) is 5.56 Å². The molecular weight excluding hydrogens is 378 g/mol. The number of halogens is 1. The molecule has 3 aromatic rings. The Hall–Kier alpha value is -1.95. The number of pyridine rings is 1. The predicted octanol–water partition coefficient (Wildman–Crippen LogP) is 3.36. The predicted molar refractivity (Wildman–Crippen MR) is 106 cm³/mol. The lowest BCUT2D eigenvalue weighted by molar-refractivity contribution is 0.233. The molecule has 2 heterocycles.